The second-order valence-corrected chi connectivity index (χ2v) is 9.97. The first-order chi connectivity index (χ1) is 16.4. The number of nitrogens with zero attached hydrogens (tertiary/aromatic N) is 3. The number of likely N-dealkylation sites (N-methyl/N-ethyl adjacent to an activating group) is 1. The second-order valence-electron chi connectivity index (χ2n) is 8.59. The van der Waals surface area contributed by atoms with Crippen LogP contribution in [0.3, 0.4) is 0 Å². The molecule has 2 atom stereocenters. The molecule has 1 aromatic heterocycles. The minimum Gasteiger partial charge on any atom is -0.376 e. The Kier molecular flexibility index (Phi) is 8.26. The molecule has 3 aromatic rings. The zero-order chi connectivity index (χ0) is 24.1. The molecule has 0 aliphatic carbocycles. The molecule has 1 N–H and O–H groups in total. The van der Waals surface area contributed by atoms with Crippen molar-refractivity contribution in [3.63, 3.8) is 0 Å². The normalized spacial score (nSPS) is 16.8. The molecule has 4 rings (SSSR count). The highest BCUT2D eigenvalue weighted by Crippen LogP contribution is 2.23. The average Bonchev–Trinajstić information content (AvgIpc) is 3.33. The molecule has 0 spiro atoms. The number of hydrogen-bond acceptors (Lipinski definition) is 6. The van der Waals surface area contributed by atoms with Crippen LogP contribution in [0.15, 0.2) is 58.5 Å². The van der Waals surface area contributed by atoms with E-state index in [0.717, 1.165) is 18.4 Å². The molecular formula is C25H29ClN4O3S. The van der Waals surface area contributed by atoms with Gasteiger partial charge in [-0.3, -0.25) is 14.2 Å². The third kappa shape index (κ3) is 5.99. The molecular weight excluding hydrogens is 472 g/mol. The first kappa shape index (κ1) is 24.7. The molecule has 0 bridgehead atoms. The summed E-state index contributed by atoms with van der Waals surface area (Å²) >= 11 is 7.39. The second kappa shape index (κ2) is 11.4. The van der Waals surface area contributed by atoms with Gasteiger partial charge in [0.15, 0.2) is 5.16 Å². The number of carbonyl (C=O) groups excluding carboxylic acids is 1. The van der Waals surface area contributed by atoms with Gasteiger partial charge in [-0.15, -0.1) is 0 Å². The van der Waals surface area contributed by atoms with E-state index in [4.69, 9.17) is 16.3 Å². The SMILES string of the molecule is CN(C)[C@@H](CNC(=O)CSc1nc2cc(Cl)ccc2c(=O)n1C[C@@H]1CCCO1)c1ccccc1. The van der Waals surface area contributed by atoms with Gasteiger partial charge in [-0.2, -0.15) is 0 Å². The molecule has 1 amide bonds. The Hall–Kier alpha value is -2.39. The van der Waals surface area contributed by atoms with E-state index in [1.807, 2.05) is 32.3 Å². The van der Waals surface area contributed by atoms with E-state index in [0.29, 0.717) is 40.8 Å². The average molecular weight is 501 g/mol. The van der Waals surface area contributed by atoms with Gasteiger partial charge in [-0.05, 0) is 50.7 Å². The monoisotopic (exact) mass is 500 g/mol. The highest BCUT2D eigenvalue weighted by Gasteiger charge is 2.21. The van der Waals surface area contributed by atoms with Crippen LogP contribution < -0.4 is 10.9 Å². The van der Waals surface area contributed by atoms with Gasteiger partial charge in [-0.1, -0.05) is 53.7 Å². The number of hydrogen-bond donors (Lipinski definition) is 1. The summed E-state index contributed by atoms with van der Waals surface area (Å²) in [6, 6.07) is 15.2. The van der Waals surface area contributed by atoms with E-state index in [2.05, 4.69) is 27.3 Å². The summed E-state index contributed by atoms with van der Waals surface area (Å²) in [4.78, 5) is 32.7. The molecule has 1 fully saturated rings. The van der Waals surface area contributed by atoms with Gasteiger partial charge in [0.25, 0.3) is 5.56 Å². The smallest absolute Gasteiger partial charge is 0.262 e. The molecule has 1 aliphatic rings. The summed E-state index contributed by atoms with van der Waals surface area (Å²) in [5.41, 5.74) is 1.52. The van der Waals surface area contributed by atoms with Gasteiger partial charge in [0, 0.05) is 18.2 Å². The number of halogens is 1. The first-order valence-electron chi connectivity index (χ1n) is 11.3. The third-order valence-corrected chi connectivity index (χ3v) is 7.14. The fourth-order valence-corrected chi connectivity index (χ4v) is 5.11. The molecule has 34 heavy (non-hydrogen) atoms. The van der Waals surface area contributed by atoms with Crippen LogP contribution in [0.25, 0.3) is 10.9 Å². The Morgan fingerprint density at radius 3 is 2.79 bits per heavy atom. The molecule has 2 heterocycles. The van der Waals surface area contributed by atoms with E-state index in [1.165, 1.54) is 11.8 Å². The van der Waals surface area contributed by atoms with Crippen LogP contribution >= 0.6 is 23.4 Å². The van der Waals surface area contributed by atoms with Crippen molar-refractivity contribution in [1.82, 2.24) is 19.8 Å². The van der Waals surface area contributed by atoms with Gasteiger partial charge >= 0.3 is 0 Å². The molecule has 7 nitrogen and oxygen atoms in total. The van der Waals surface area contributed by atoms with Crippen molar-refractivity contribution in [2.24, 2.45) is 0 Å². The highest BCUT2D eigenvalue weighted by atomic mass is 35.5. The van der Waals surface area contributed by atoms with Crippen molar-refractivity contribution in [1.29, 1.82) is 0 Å². The van der Waals surface area contributed by atoms with E-state index >= 15 is 0 Å². The predicted molar refractivity (Wildman–Crippen MR) is 137 cm³/mol. The van der Waals surface area contributed by atoms with Gasteiger partial charge < -0.3 is 15.0 Å². The van der Waals surface area contributed by atoms with E-state index < -0.39 is 0 Å². The van der Waals surface area contributed by atoms with Gasteiger partial charge in [0.1, 0.15) is 0 Å². The quantitative estimate of drug-likeness (QED) is 0.356. The van der Waals surface area contributed by atoms with Crippen molar-refractivity contribution in [3.05, 3.63) is 69.5 Å². The zero-order valence-corrected chi connectivity index (χ0v) is 20.9. The van der Waals surface area contributed by atoms with E-state index in [1.54, 1.807) is 22.8 Å². The molecule has 180 valence electrons. The maximum Gasteiger partial charge on any atom is 0.262 e. The summed E-state index contributed by atoms with van der Waals surface area (Å²) in [5.74, 6) is 0.0378. The molecule has 0 unspecified atom stereocenters. The number of rotatable bonds is 9. The number of nitrogens with one attached hydrogen (secondary N) is 1. The van der Waals surface area contributed by atoms with Crippen molar-refractivity contribution < 1.29 is 9.53 Å². The molecule has 2 aromatic carbocycles. The summed E-state index contributed by atoms with van der Waals surface area (Å²) < 4.78 is 7.39. The Morgan fingerprint density at radius 1 is 1.29 bits per heavy atom. The van der Waals surface area contributed by atoms with Crippen molar-refractivity contribution in [3.8, 4) is 0 Å². The number of benzene rings is 2. The number of thioether (sulfide) groups is 1. The van der Waals surface area contributed by atoms with Crippen LogP contribution in [0.4, 0.5) is 0 Å². The highest BCUT2D eigenvalue weighted by molar-refractivity contribution is 7.99. The summed E-state index contributed by atoms with van der Waals surface area (Å²) in [7, 11) is 3.99. The van der Waals surface area contributed by atoms with E-state index in [-0.39, 0.29) is 29.4 Å². The van der Waals surface area contributed by atoms with Crippen molar-refractivity contribution >= 4 is 40.2 Å². The number of aromatic nitrogens is 2. The van der Waals surface area contributed by atoms with Crippen LogP contribution in [-0.4, -0.2) is 59.5 Å². The summed E-state index contributed by atoms with van der Waals surface area (Å²) in [5, 5.41) is 4.54. The molecule has 0 saturated carbocycles. The number of fused-ring (bicyclic) bond motifs is 1. The van der Waals surface area contributed by atoms with Gasteiger partial charge in [0.05, 0.1) is 35.3 Å². The lowest BCUT2D eigenvalue weighted by Gasteiger charge is -2.25. The van der Waals surface area contributed by atoms with Crippen molar-refractivity contribution in [2.75, 3.05) is 33.0 Å². The number of ether oxygens (including phenoxy) is 1. The lowest BCUT2D eigenvalue weighted by molar-refractivity contribution is -0.118. The Morgan fingerprint density at radius 2 is 2.09 bits per heavy atom. The largest absolute Gasteiger partial charge is 0.376 e. The van der Waals surface area contributed by atoms with Crippen molar-refractivity contribution in [2.45, 2.75) is 36.7 Å². The lowest BCUT2D eigenvalue weighted by Crippen LogP contribution is -2.35. The maximum absolute atomic E-state index is 13.2. The Labute approximate surface area is 208 Å². The topological polar surface area (TPSA) is 76.5 Å². The van der Waals surface area contributed by atoms with Crippen LogP contribution in [0.1, 0.15) is 24.4 Å². The zero-order valence-electron chi connectivity index (χ0n) is 19.4. The van der Waals surface area contributed by atoms with Crippen LogP contribution in [-0.2, 0) is 16.1 Å². The van der Waals surface area contributed by atoms with Gasteiger partial charge in [0.2, 0.25) is 5.91 Å². The lowest BCUT2D eigenvalue weighted by atomic mass is 10.1. The summed E-state index contributed by atoms with van der Waals surface area (Å²) in [6.45, 7) is 1.61. The minimum absolute atomic E-state index is 0.0239. The van der Waals surface area contributed by atoms with E-state index in [9.17, 15) is 9.59 Å². The number of carbonyl (C=O) groups is 1. The molecule has 0 radical (unpaired) electrons. The van der Waals surface area contributed by atoms with Crippen LogP contribution in [0.2, 0.25) is 5.02 Å². The number of amides is 1. The minimum atomic E-state index is -0.142. The Bertz CT molecular complexity index is 1200. The molecule has 1 saturated heterocycles. The predicted octanol–water partition coefficient (Wildman–Crippen LogP) is 3.74. The van der Waals surface area contributed by atoms with Crippen LogP contribution in [0.5, 0.6) is 0 Å². The van der Waals surface area contributed by atoms with Gasteiger partial charge in [-0.25, -0.2) is 4.98 Å². The summed E-state index contributed by atoms with van der Waals surface area (Å²) in [6.07, 6.45) is 1.86. The maximum atomic E-state index is 13.2. The molecule has 1 aliphatic heterocycles. The standard InChI is InChI=1S/C25H29ClN4O3S/c1-29(2)22(17-7-4-3-5-8-17)14-27-23(31)16-34-25-28-21-13-18(26)10-11-20(21)24(32)30(25)15-19-9-6-12-33-19/h3-5,7-8,10-11,13,19,22H,6,9,12,14-16H2,1-2H3,(H,27,31)/t19-,22-/m0/s1. The molecule has 9 heteroatoms. The first-order valence-corrected chi connectivity index (χ1v) is 12.7. The van der Waals surface area contributed by atoms with Crippen LogP contribution in [0, 0.1) is 0 Å². The third-order valence-electron chi connectivity index (χ3n) is 5.93. The Balaban J connectivity index is 1.49. The fourth-order valence-electron chi connectivity index (χ4n) is 4.10. The fraction of sp³-hybridized carbons (Fsp3) is 0.400.